The number of nitrogens with one attached hydrogen (secondary N) is 1. The van der Waals surface area contributed by atoms with Crippen LogP contribution in [0.1, 0.15) is 23.6 Å². The normalized spacial score (nSPS) is 19.4. The van der Waals surface area contributed by atoms with Crippen LogP contribution in [0, 0.1) is 17.2 Å². The van der Waals surface area contributed by atoms with Gasteiger partial charge in [0.2, 0.25) is 0 Å². The zero-order chi connectivity index (χ0) is 22.1. The Balaban J connectivity index is 1.55. The molecule has 156 valence electrons. The lowest BCUT2D eigenvalue weighted by Crippen LogP contribution is -2.39. The number of fused-ring (bicyclic) bond motifs is 1. The molecule has 7 heteroatoms. The molecule has 2 aliphatic rings. The van der Waals surface area contributed by atoms with E-state index in [1.165, 1.54) is 0 Å². The molecular formula is C25H20N6O. The summed E-state index contributed by atoms with van der Waals surface area (Å²) >= 11 is 0. The van der Waals surface area contributed by atoms with Crippen molar-refractivity contribution in [2.45, 2.75) is 13.0 Å². The number of ether oxygens (including phenoxy) is 1. The fourth-order valence-corrected chi connectivity index (χ4v) is 3.99. The quantitative estimate of drug-likeness (QED) is 0.667. The minimum absolute atomic E-state index is 0.00465. The van der Waals surface area contributed by atoms with E-state index < -0.39 is 0 Å². The van der Waals surface area contributed by atoms with Crippen LogP contribution in [0.5, 0.6) is 11.5 Å². The number of amidine groups is 1. The molecule has 0 bridgehead atoms. The van der Waals surface area contributed by atoms with Gasteiger partial charge in [-0.1, -0.05) is 25.1 Å². The van der Waals surface area contributed by atoms with Gasteiger partial charge in [0.05, 0.1) is 23.0 Å². The molecule has 0 amide bonds. The van der Waals surface area contributed by atoms with Crippen LogP contribution in [0.2, 0.25) is 0 Å². The molecule has 0 aliphatic carbocycles. The highest BCUT2D eigenvalue weighted by molar-refractivity contribution is 6.14. The van der Waals surface area contributed by atoms with Crippen LogP contribution in [0.3, 0.4) is 0 Å². The highest BCUT2D eigenvalue weighted by Crippen LogP contribution is 2.36. The third kappa shape index (κ3) is 3.48. The monoisotopic (exact) mass is 420 g/mol. The van der Waals surface area contributed by atoms with E-state index in [-0.39, 0.29) is 12.0 Å². The summed E-state index contributed by atoms with van der Waals surface area (Å²) in [6.45, 7) is 2.07. The number of aromatic nitrogens is 1. The highest BCUT2D eigenvalue weighted by Gasteiger charge is 2.38. The minimum Gasteiger partial charge on any atom is -0.457 e. The summed E-state index contributed by atoms with van der Waals surface area (Å²) in [7, 11) is 0. The van der Waals surface area contributed by atoms with Gasteiger partial charge in [0.15, 0.2) is 5.84 Å². The summed E-state index contributed by atoms with van der Waals surface area (Å²) in [6, 6.07) is 21.2. The third-order valence-corrected chi connectivity index (χ3v) is 5.60. The van der Waals surface area contributed by atoms with Crippen molar-refractivity contribution in [2.24, 2.45) is 21.7 Å². The number of aliphatic imine (C=N–C) groups is 1. The van der Waals surface area contributed by atoms with E-state index in [2.05, 4.69) is 28.5 Å². The second kappa shape index (κ2) is 8.00. The molecule has 5 rings (SSSR count). The molecule has 0 radical (unpaired) electrons. The Morgan fingerprint density at radius 2 is 1.75 bits per heavy atom. The molecule has 0 fully saturated rings. The van der Waals surface area contributed by atoms with Gasteiger partial charge in [-0.15, -0.1) is 0 Å². The van der Waals surface area contributed by atoms with E-state index >= 15 is 0 Å². The maximum atomic E-state index is 9.27. The first-order valence-electron chi connectivity index (χ1n) is 10.2. The first-order chi connectivity index (χ1) is 15.6. The number of nitriles is 1. The molecule has 3 N–H and O–H groups in total. The van der Waals surface area contributed by atoms with Gasteiger partial charge in [-0.05, 0) is 42.5 Å². The fraction of sp³-hybridized carbons (Fsp3) is 0.120. The molecule has 0 saturated heterocycles. The Morgan fingerprint density at radius 3 is 2.50 bits per heavy atom. The van der Waals surface area contributed by atoms with E-state index in [4.69, 9.17) is 15.5 Å². The molecule has 3 heterocycles. The molecule has 2 aromatic carbocycles. The second-order valence-corrected chi connectivity index (χ2v) is 7.67. The standard InChI is InChI=1S/C25H20N6O/c1-15-22(18-11-16(12-26)13-28-14-18)29-24(21-23(15)30-31-25(21)27)17-7-9-20(10-8-17)32-19-5-3-2-4-6-19/h2-11,13-15,23,30H,1H3,(H2,27,31). The van der Waals surface area contributed by atoms with Crippen LogP contribution < -0.4 is 15.9 Å². The van der Waals surface area contributed by atoms with Crippen LogP contribution >= 0.6 is 0 Å². The van der Waals surface area contributed by atoms with Crippen LogP contribution in [0.4, 0.5) is 0 Å². The van der Waals surface area contributed by atoms with Crippen molar-refractivity contribution in [3.63, 3.8) is 0 Å². The Labute approximate surface area is 185 Å². The highest BCUT2D eigenvalue weighted by atomic mass is 16.5. The summed E-state index contributed by atoms with van der Waals surface area (Å²) in [5.74, 6) is 1.94. The van der Waals surface area contributed by atoms with E-state index in [0.29, 0.717) is 11.4 Å². The molecule has 7 nitrogen and oxygen atoms in total. The predicted octanol–water partition coefficient (Wildman–Crippen LogP) is 3.84. The molecule has 2 aliphatic heterocycles. The van der Waals surface area contributed by atoms with Crippen molar-refractivity contribution < 1.29 is 4.74 Å². The maximum Gasteiger partial charge on any atom is 0.150 e. The maximum absolute atomic E-state index is 9.27. The van der Waals surface area contributed by atoms with Gasteiger partial charge in [0.25, 0.3) is 0 Å². The van der Waals surface area contributed by atoms with Crippen LogP contribution in [0.25, 0.3) is 5.70 Å². The molecular weight excluding hydrogens is 400 g/mol. The zero-order valence-electron chi connectivity index (χ0n) is 17.4. The minimum atomic E-state index is -0.108. The molecule has 2 unspecified atom stereocenters. The predicted molar refractivity (Wildman–Crippen MR) is 123 cm³/mol. The van der Waals surface area contributed by atoms with E-state index in [9.17, 15) is 5.26 Å². The molecule has 3 aromatic rings. The van der Waals surface area contributed by atoms with Gasteiger partial charge in [0.1, 0.15) is 17.6 Å². The fourth-order valence-electron chi connectivity index (χ4n) is 3.99. The van der Waals surface area contributed by atoms with Crippen molar-refractivity contribution >= 4 is 17.2 Å². The third-order valence-electron chi connectivity index (χ3n) is 5.60. The van der Waals surface area contributed by atoms with Crippen molar-refractivity contribution in [3.8, 4) is 17.6 Å². The molecule has 1 aromatic heterocycles. The number of hydrogen-bond acceptors (Lipinski definition) is 7. The molecule has 0 saturated carbocycles. The lowest BCUT2D eigenvalue weighted by atomic mass is 9.83. The average Bonchev–Trinajstić information content (AvgIpc) is 3.23. The van der Waals surface area contributed by atoms with Gasteiger partial charge >= 0.3 is 0 Å². The van der Waals surface area contributed by atoms with Crippen LogP contribution in [-0.4, -0.2) is 22.6 Å². The van der Waals surface area contributed by atoms with Crippen LogP contribution in [0.15, 0.2) is 88.7 Å². The smallest absolute Gasteiger partial charge is 0.150 e. The summed E-state index contributed by atoms with van der Waals surface area (Å²) in [6.07, 6.45) is 3.27. The average molecular weight is 420 g/mol. The van der Waals surface area contributed by atoms with Gasteiger partial charge in [-0.25, -0.2) is 0 Å². The lowest BCUT2D eigenvalue weighted by molar-refractivity contribution is 0.482. The van der Waals surface area contributed by atoms with E-state index in [1.54, 1.807) is 18.5 Å². The summed E-state index contributed by atoms with van der Waals surface area (Å²) in [5.41, 5.74) is 14.0. The van der Waals surface area contributed by atoms with Crippen LogP contribution in [-0.2, 0) is 0 Å². The number of nitrogens with two attached hydrogens (primary N) is 1. The molecule has 32 heavy (non-hydrogen) atoms. The zero-order valence-corrected chi connectivity index (χ0v) is 17.4. The van der Waals surface area contributed by atoms with E-state index in [1.807, 2.05) is 54.6 Å². The van der Waals surface area contributed by atoms with E-state index in [0.717, 1.165) is 39.6 Å². The van der Waals surface area contributed by atoms with Crippen molar-refractivity contribution in [3.05, 3.63) is 95.3 Å². The summed E-state index contributed by atoms with van der Waals surface area (Å²) in [4.78, 5) is 9.20. The Morgan fingerprint density at radius 1 is 1.00 bits per heavy atom. The van der Waals surface area contributed by atoms with Gasteiger partial charge in [-0.3, -0.25) is 15.4 Å². The lowest BCUT2D eigenvalue weighted by Gasteiger charge is -2.28. The molecule has 0 spiro atoms. The van der Waals surface area contributed by atoms with Crippen molar-refractivity contribution in [1.29, 1.82) is 5.26 Å². The first kappa shape index (κ1) is 19.5. The topological polar surface area (TPSA) is 109 Å². The Hall–Kier alpha value is -4.44. The molecule has 2 atom stereocenters. The van der Waals surface area contributed by atoms with Gasteiger partial charge < -0.3 is 10.5 Å². The number of hydrazone groups is 1. The number of pyridine rings is 1. The largest absolute Gasteiger partial charge is 0.457 e. The Bertz CT molecular complexity index is 1300. The number of benzene rings is 2. The number of nitrogens with zero attached hydrogens (tertiary/aromatic N) is 4. The first-order valence-corrected chi connectivity index (χ1v) is 10.2. The summed E-state index contributed by atoms with van der Waals surface area (Å²) < 4.78 is 5.91. The van der Waals surface area contributed by atoms with Gasteiger partial charge in [0, 0.05) is 35.0 Å². The number of hydrogen-bond donors (Lipinski definition) is 2. The summed E-state index contributed by atoms with van der Waals surface area (Å²) in [5, 5.41) is 13.5. The SMILES string of the molecule is CC1C(c2cncc(C#N)c2)=NC(c2ccc(Oc3ccccc3)cc2)=C2C(N)=NNC21. The number of rotatable bonds is 4. The Kier molecular flexibility index (Phi) is 4.88. The number of para-hydroxylation sites is 1. The van der Waals surface area contributed by atoms with Gasteiger partial charge in [-0.2, -0.15) is 10.4 Å². The van der Waals surface area contributed by atoms with Crippen molar-refractivity contribution in [2.75, 3.05) is 0 Å². The second-order valence-electron chi connectivity index (χ2n) is 7.67. The van der Waals surface area contributed by atoms with Crippen molar-refractivity contribution in [1.82, 2.24) is 10.4 Å².